The minimum atomic E-state index is -0.492. The molecule has 0 heterocycles. The van der Waals surface area contributed by atoms with Crippen molar-refractivity contribution in [2.24, 2.45) is 5.92 Å². The fourth-order valence-corrected chi connectivity index (χ4v) is 2.24. The summed E-state index contributed by atoms with van der Waals surface area (Å²) in [5.41, 5.74) is 0.991. The topological polar surface area (TPSA) is 41.5 Å². The van der Waals surface area contributed by atoms with Gasteiger partial charge in [-0.15, -0.1) is 0 Å². The van der Waals surface area contributed by atoms with E-state index in [1.807, 2.05) is 18.2 Å². The number of hydrogen-bond donors (Lipinski definition) is 2. The third-order valence-corrected chi connectivity index (χ3v) is 3.58. The molecular formula is C13H19BrINO2. The number of ether oxygens (including phenoxy) is 1. The number of nitrogens with one attached hydrogen (secondary N) is 1. The molecule has 1 aromatic rings. The maximum Gasteiger partial charge on any atom is 0.0945 e. The fourth-order valence-electron chi connectivity index (χ4n) is 1.36. The molecule has 1 rings (SSSR count). The first-order valence-corrected chi connectivity index (χ1v) is 7.81. The Labute approximate surface area is 131 Å². The second-order valence-electron chi connectivity index (χ2n) is 4.59. The lowest BCUT2D eigenvalue weighted by molar-refractivity contribution is 0.0318. The normalized spacial score (nSPS) is 12.8. The van der Waals surface area contributed by atoms with E-state index in [0.717, 1.165) is 13.7 Å². The van der Waals surface area contributed by atoms with Gasteiger partial charge in [-0.25, -0.2) is 0 Å². The van der Waals surface area contributed by atoms with Gasteiger partial charge in [-0.3, -0.25) is 0 Å². The summed E-state index contributed by atoms with van der Waals surface area (Å²) in [5.74, 6) is 0.495. The predicted octanol–water partition coefficient (Wildman–Crippen LogP) is 3.50. The van der Waals surface area contributed by atoms with Crippen molar-refractivity contribution in [2.75, 3.05) is 25.1 Å². The van der Waals surface area contributed by atoms with E-state index in [2.05, 4.69) is 57.7 Å². The molecule has 0 radical (unpaired) electrons. The van der Waals surface area contributed by atoms with E-state index in [1.54, 1.807) is 0 Å². The van der Waals surface area contributed by atoms with Gasteiger partial charge in [0.1, 0.15) is 0 Å². The molecule has 1 atom stereocenters. The molecule has 3 nitrogen and oxygen atoms in total. The predicted molar refractivity (Wildman–Crippen MR) is 87.0 cm³/mol. The number of aliphatic hydroxyl groups is 1. The van der Waals surface area contributed by atoms with Crippen LogP contribution < -0.4 is 5.32 Å². The van der Waals surface area contributed by atoms with Crippen molar-refractivity contribution in [1.29, 1.82) is 0 Å². The van der Waals surface area contributed by atoms with Crippen molar-refractivity contribution < 1.29 is 9.84 Å². The van der Waals surface area contributed by atoms with Crippen molar-refractivity contribution in [3.63, 3.8) is 0 Å². The number of aliphatic hydroxyl groups excluding tert-OH is 1. The summed E-state index contributed by atoms with van der Waals surface area (Å²) in [6.45, 7) is 5.72. The van der Waals surface area contributed by atoms with Crippen LogP contribution in [0, 0.1) is 9.49 Å². The molecule has 0 saturated heterocycles. The highest BCUT2D eigenvalue weighted by molar-refractivity contribution is 14.1. The van der Waals surface area contributed by atoms with Gasteiger partial charge in [-0.05, 0) is 62.6 Å². The van der Waals surface area contributed by atoms with Crippen molar-refractivity contribution >= 4 is 44.2 Å². The van der Waals surface area contributed by atoms with Crippen LogP contribution in [0.25, 0.3) is 0 Å². The maximum absolute atomic E-state index is 9.78. The second-order valence-corrected chi connectivity index (χ2v) is 6.69. The molecule has 1 unspecified atom stereocenters. The van der Waals surface area contributed by atoms with Gasteiger partial charge in [-0.1, -0.05) is 13.8 Å². The zero-order chi connectivity index (χ0) is 13.5. The first kappa shape index (κ1) is 16.2. The van der Waals surface area contributed by atoms with Crippen LogP contribution in [0.15, 0.2) is 22.7 Å². The molecule has 0 aromatic heterocycles. The smallest absolute Gasteiger partial charge is 0.0945 e. The summed E-state index contributed by atoms with van der Waals surface area (Å²) in [5, 5.41) is 13.0. The standard InChI is InChI=1S/C13H19BrINO2/c1-9(2)7-18-8-11(17)6-16-13-5-10(15)3-4-12(13)14/h3-5,9,11,16-17H,6-8H2,1-2H3. The molecule has 0 fully saturated rings. The minimum Gasteiger partial charge on any atom is -0.389 e. The molecule has 0 aliphatic carbocycles. The molecule has 102 valence electrons. The monoisotopic (exact) mass is 427 g/mol. The van der Waals surface area contributed by atoms with Gasteiger partial charge in [0.25, 0.3) is 0 Å². The Kier molecular flexibility index (Phi) is 7.51. The van der Waals surface area contributed by atoms with Gasteiger partial charge in [0.15, 0.2) is 0 Å². The highest BCUT2D eigenvalue weighted by atomic mass is 127. The van der Waals surface area contributed by atoms with Crippen LogP contribution in [0.5, 0.6) is 0 Å². The van der Waals surface area contributed by atoms with Gasteiger partial charge >= 0.3 is 0 Å². The summed E-state index contributed by atoms with van der Waals surface area (Å²) in [4.78, 5) is 0. The lowest BCUT2D eigenvalue weighted by Gasteiger charge is -2.15. The molecule has 0 aliphatic rings. The van der Waals surface area contributed by atoms with Crippen molar-refractivity contribution in [1.82, 2.24) is 0 Å². The average Bonchev–Trinajstić information content (AvgIpc) is 2.30. The zero-order valence-corrected chi connectivity index (χ0v) is 14.4. The van der Waals surface area contributed by atoms with Crippen LogP contribution >= 0.6 is 38.5 Å². The summed E-state index contributed by atoms with van der Waals surface area (Å²) in [6.07, 6.45) is -0.492. The molecule has 0 aliphatic heterocycles. The van der Waals surface area contributed by atoms with E-state index in [0.29, 0.717) is 25.7 Å². The number of hydrogen-bond acceptors (Lipinski definition) is 3. The number of benzene rings is 1. The number of rotatable bonds is 7. The van der Waals surface area contributed by atoms with Crippen LogP contribution in [-0.2, 0) is 4.74 Å². The van der Waals surface area contributed by atoms with E-state index in [1.165, 1.54) is 0 Å². The summed E-state index contributed by atoms with van der Waals surface area (Å²) in [6, 6.07) is 6.05. The molecule has 1 aromatic carbocycles. The quantitative estimate of drug-likeness (QED) is 0.654. The van der Waals surface area contributed by atoms with Gasteiger partial charge in [0.2, 0.25) is 0 Å². The molecule has 0 bridgehead atoms. The fraction of sp³-hybridized carbons (Fsp3) is 0.538. The average molecular weight is 428 g/mol. The highest BCUT2D eigenvalue weighted by Gasteiger charge is 2.06. The Bertz CT molecular complexity index is 374. The summed E-state index contributed by atoms with van der Waals surface area (Å²) < 4.78 is 7.55. The van der Waals surface area contributed by atoms with E-state index in [-0.39, 0.29) is 0 Å². The zero-order valence-electron chi connectivity index (χ0n) is 10.6. The largest absolute Gasteiger partial charge is 0.389 e. The number of halogens is 2. The van der Waals surface area contributed by atoms with E-state index >= 15 is 0 Å². The summed E-state index contributed by atoms with van der Waals surface area (Å²) >= 11 is 5.73. The molecular weight excluding hydrogens is 409 g/mol. The lowest BCUT2D eigenvalue weighted by atomic mass is 10.2. The Morgan fingerprint density at radius 3 is 2.78 bits per heavy atom. The van der Waals surface area contributed by atoms with Gasteiger partial charge < -0.3 is 15.2 Å². The maximum atomic E-state index is 9.78. The van der Waals surface area contributed by atoms with Crippen LogP contribution in [0.1, 0.15) is 13.8 Å². The Morgan fingerprint density at radius 2 is 2.11 bits per heavy atom. The first-order chi connectivity index (χ1) is 8.49. The molecule has 0 spiro atoms. The molecule has 2 N–H and O–H groups in total. The third-order valence-electron chi connectivity index (χ3n) is 2.22. The van der Waals surface area contributed by atoms with Gasteiger partial charge in [-0.2, -0.15) is 0 Å². The second kappa shape index (κ2) is 8.35. The molecule has 0 amide bonds. The van der Waals surface area contributed by atoms with Crippen molar-refractivity contribution in [3.05, 3.63) is 26.2 Å². The third kappa shape index (κ3) is 6.36. The van der Waals surface area contributed by atoms with E-state index < -0.39 is 6.10 Å². The highest BCUT2D eigenvalue weighted by Crippen LogP contribution is 2.24. The van der Waals surface area contributed by atoms with Crippen LogP contribution in [0.2, 0.25) is 0 Å². The minimum absolute atomic E-state index is 0.368. The Morgan fingerprint density at radius 1 is 1.39 bits per heavy atom. The van der Waals surface area contributed by atoms with Crippen molar-refractivity contribution in [3.8, 4) is 0 Å². The van der Waals surface area contributed by atoms with E-state index in [4.69, 9.17) is 4.74 Å². The van der Waals surface area contributed by atoms with E-state index in [9.17, 15) is 5.11 Å². The van der Waals surface area contributed by atoms with Gasteiger partial charge in [0, 0.05) is 26.9 Å². The van der Waals surface area contributed by atoms with Crippen LogP contribution in [0.4, 0.5) is 5.69 Å². The number of anilines is 1. The Balaban J connectivity index is 2.33. The molecule has 0 saturated carbocycles. The van der Waals surface area contributed by atoms with Crippen LogP contribution in [-0.4, -0.2) is 31.0 Å². The van der Waals surface area contributed by atoms with Crippen LogP contribution in [0.3, 0.4) is 0 Å². The first-order valence-electron chi connectivity index (χ1n) is 5.93. The summed E-state index contributed by atoms with van der Waals surface area (Å²) in [7, 11) is 0. The van der Waals surface area contributed by atoms with Gasteiger partial charge in [0.05, 0.1) is 12.7 Å². The SMILES string of the molecule is CC(C)COCC(O)CNc1cc(I)ccc1Br. The molecule has 5 heteroatoms. The Hall–Kier alpha value is 0.150. The lowest BCUT2D eigenvalue weighted by Crippen LogP contribution is -2.25. The van der Waals surface area contributed by atoms with Crippen molar-refractivity contribution in [2.45, 2.75) is 20.0 Å². The molecule has 18 heavy (non-hydrogen) atoms.